The zero-order chi connectivity index (χ0) is 27.2. The van der Waals surface area contributed by atoms with Gasteiger partial charge in [-0.3, -0.25) is 9.59 Å². The van der Waals surface area contributed by atoms with E-state index in [1.54, 1.807) is 0 Å². The van der Waals surface area contributed by atoms with Crippen molar-refractivity contribution in [3.05, 3.63) is 24.3 Å². The molecule has 0 bridgehead atoms. The summed E-state index contributed by atoms with van der Waals surface area (Å²) in [5.41, 5.74) is 0. The minimum Gasteiger partial charge on any atom is -0.469 e. The van der Waals surface area contributed by atoms with E-state index in [-0.39, 0.29) is 42.3 Å². The van der Waals surface area contributed by atoms with Crippen LogP contribution in [0.4, 0.5) is 0 Å². The van der Waals surface area contributed by atoms with Crippen LogP contribution in [0.1, 0.15) is 103 Å². The molecule has 1 unspecified atom stereocenters. The molecular weight excluding hydrogens is 484 g/mol. The van der Waals surface area contributed by atoms with Crippen molar-refractivity contribution in [1.29, 1.82) is 0 Å². The van der Waals surface area contributed by atoms with E-state index in [0.717, 1.165) is 57.3 Å². The molecule has 7 nitrogen and oxygen atoms in total. The minimum atomic E-state index is -0.481. The third-order valence-corrected chi connectivity index (χ3v) is 8.35. The predicted molar refractivity (Wildman–Crippen MR) is 146 cm³/mol. The maximum atomic E-state index is 12.0. The van der Waals surface area contributed by atoms with Gasteiger partial charge >= 0.3 is 11.9 Å². The maximum absolute atomic E-state index is 12.0. The first-order valence-corrected chi connectivity index (χ1v) is 15.0. The molecule has 1 heterocycles. The fourth-order valence-corrected chi connectivity index (χ4v) is 6.24. The van der Waals surface area contributed by atoms with E-state index in [0.29, 0.717) is 19.4 Å². The Kier molecular flexibility index (Phi) is 13.9. The third-order valence-electron chi connectivity index (χ3n) is 8.35. The number of esters is 2. The van der Waals surface area contributed by atoms with Crippen molar-refractivity contribution in [3.8, 4) is 0 Å². The van der Waals surface area contributed by atoms with E-state index in [1.807, 2.05) is 6.08 Å². The fraction of sp³-hybridized carbons (Fsp3) is 0.806. The Bertz CT molecular complexity index is 751. The summed E-state index contributed by atoms with van der Waals surface area (Å²) < 4.78 is 22.8. The van der Waals surface area contributed by atoms with Crippen molar-refractivity contribution in [2.75, 3.05) is 13.7 Å². The molecule has 38 heavy (non-hydrogen) atoms. The zero-order valence-electron chi connectivity index (χ0n) is 23.6. The summed E-state index contributed by atoms with van der Waals surface area (Å²) in [5, 5.41) is 10.8. The van der Waals surface area contributed by atoms with Crippen LogP contribution >= 0.6 is 0 Å². The molecule has 1 aliphatic heterocycles. The Morgan fingerprint density at radius 2 is 1.84 bits per heavy atom. The fourth-order valence-electron chi connectivity index (χ4n) is 6.24. The standard InChI is InChI=1S/C31H50O7/c1-23(32)37-28-22-29(38-31-16-10-11-21-36-31)27(26(28)14-8-3-4-9-15-30(34)35-2)20-19-25(33)18-17-24-12-6-5-7-13-24/h3,8,19-20,24-29,31,33H,4-7,9-18,21-22H2,1-2H3/b8-3-,20-19+/t25-,26+,27+,28-,29+,31?/m0/s1. The van der Waals surface area contributed by atoms with Gasteiger partial charge in [-0.2, -0.15) is 0 Å². The second-order valence-corrected chi connectivity index (χ2v) is 11.3. The molecule has 0 aromatic heterocycles. The first kappa shape index (κ1) is 30.8. The van der Waals surface area contributed by atoms with Gasteiger partial charge in [0.25, 0.3) is 0 Å². The van der Waals surface area contributed by atoms with Crippen LogP contribution < -0.4 is 0 Å². The SMILES string of the molecule is COC(=O)CCC/C=C\C[C@@H]1[C@@H](/C=C/[C@@H](O)CCC2CCCCC2)[C@H](OC2CCCCO2)C[C@@H]1OC(C)=O. The number of carbonyl (C=O) groups is 2. The number of aliphatic hydroxyl groups excluding tert-OH is 1. The highest BCUT2D eigenvalue weighted by Crippen LogP contribution is 2.41. The van der Waals surface area contributed by atoms with Crippen molar-refractivity contribution in [2.45, 2.75) is 128 Å². The van der Waals surface area contributed by atoms with Crippen LogP contribution in [-0.4, -0.2) is 55.4 Å². The lowest BCUT2D eigenvalue weighted by atomic mass is 9.85. The number of carbonyl (C=O) groups excluding carboxylic acids is 2. The summed E-state index contributed by atoms with van der Waals surface area (Å²) in [6, 6.07) is 0. The third kappa shape index (κ3) is 10.8. The van der Waals surface area contributed by atoms with Gasteiger partial charge in [0.2, 0.25) is 0 Å². The summed E-state index contributed by atoms with van der Waals surface area (Å²) in [7, 11) is 1.41. The lowest BCUT2D eigenvalue weighted by Gasteiger charge is -2.29. The van der Waals surface area contributed by atoms with Crippen molar-refractivity contribution >= 4 is 11.9 Å². The molecule has 1 N–H and O–H groups in total. The highest BCUT2D eigenvalue weighted by molar-refractivity contribution is 5.69. The average Bonchev–Trinajstić information content (AvgIpc) is 3.23. The number of aliphatic hydroxyl groups is 1. The largest absolute Gasteiger partial charge is 0.469 e. The molecule has 6 atom stereocenters. The molecule has 3 fully saturated rings. The van der Waals surface area contributed by atoms with Crippen molar-refractivity contribution in [3.63, 3.8) is 0 Å². The Hall–Kier alpha value is -1.70. The summed E-state index contributed by atoms with van der Waals surface area (Å²) in [6.45, 7) is 2.17. The van der Waals surface area contributed by atoms with Gasteiger partial charge in [-0.05, 0) is 57.3 Å². The van der Waals surface area contributed by atoms with E-state index in [4.69, 9.17) is 18.9 Å². The Morgan fingerprint density at radius 1 is 1.05 bits per heavy atom. The van der Waals surface area contributed by atoms with Gasteiger partial charge in [0.1, 0.15) is 6.10 Å². The second kappa shape index (κ2) is 17.1. The molecule has 7 heteroatoms. The quantitative estimate of drug-likeness (QED) is 0.165. The maximum Gasteiger partial charge on any atom is 0.305 e. The van der Waals surface area contributed by atoms with Crippen molar-refractivity contribution in [2.24, 2.45) is 17.8 Å². The second-order valence-electron chi connectivity index (χ2n) is 11.3. The lowest BCUT2D eigenvalue weighted by molar-refractivity contribution is -0.193. The highest BCUT2D eigenvalue weighted by atomic mass is 16.7. The van der Waals surface area contributed by atoms with E-state index in [9.17, 15) is 14.7 Å². The summed E-state index contributed by atoms with van der Waals surface area (Å²) in [5.74, 6) is 0.316. The number of hydrogen-bond acceptors (Lipinski definition) is 7. The Balaban J connectivity index is 1.65. The first-order chi connectivity index (χ1) is 18.5. The summed E-state index contributed by atoms with van der Waals surface area (Å²) in [6.07, 6.45) is 21.9. The van der Waals surface area contributed by atoms with Gasteiger partial charge in [-0.25, -0.2) is 0 Å². The summed E-state index contributed by atoms with van der Waals surface area (Å²) >= 11 is 0. The number of rotatable bonds is 14. The van der Waals surface area contributed by atoms with Crippen LogP contribution in [0.5, 0.6) is 0 Å². The lowest BCUT2D eigenvalue weighted by Crippen LogP contribution is -2.30. The Morgan fingerprint density at radius 3 is 2.55 bits per heavy atom. The number of unbranched alkanes of at least 4 members (excludes halogenated alkanes) is 1. The van der Waals surface area contributed by atoms with Crippen LogP contribution in [-0.2, 0) is 28.5 Å². The normalized spacial score (nSPS) is 29.6. The van der Waals surface area contributed by atoms with Gasteiger partial charge in [-0.15, -0.1) is 0 Å². The van der Waals surface area contributed by atoms with Crippen molar-refractivity contribution in [1.82, 2.24) is 0 Å². The van der Waals surface area contributed by atoms with Gasteiger partial charge < -0.3 is 24.1 Å². The molecule has 3 rings (SSSR count). The summed E-state index contributed by atoms with van der Waals surface area (Å²) in [4.78, 5) is 23.3. The van der Waals surface area contributed by atoms with E-state index in [2.05, 4.69) is 18.2 Å². The van der Waals surface area contributed by atoms with Crippen LogP contribution in [0, 0.1) is 17.8 Å². The average molecular weight is 535 g/mol. The van der Waals surface area contributed by atoms with E-state index >= 15 is 0 Å². The smallest absolute Gasteiger partial charge is 0.305 e. The van der Waals surface area contributed by atoms with E-state index < -0.39 is 6.10 Å². The number of methoxy groups -OCH3 is 1. The Labute approximate surface area is 229 Å². The molecule has 0 aromatic carbocycles. The molecule has 3 aliphatic rings. The number of ether oxygens (including phenoxy) is 4. The molecule has 2 saturated carbocycles. The van der Waals surface area contributed by atoms with Gasteiger partial charge in [0.15, 0.2) is 6.29 Å². The van der Waals surface area contributed by atoms with E-state index in [1.165, 1.54) is 46.1 Å². The monoisotopic (exact) mass is 534 g/mol. The molecule has 1 saturated heterocycles. The van der Waals surface area contributed by atoms with Gasteiger partial charge in [0, 0.05) is 38.2 Å². The molecule has 0 spiro atoms. The van der Waals surface area contributed by atoms with Crippen LogP contribution in [0.25, 0.3) is 0 Å². The number of hydrogen-bond donors (Lipinski definition) is 1. The van der Waals surface area contributed by atoms with Gasteiger partial charge in [-0.1, -0.05) is 56.4 Å². The van der Waals surface area contributed by atoms with Crippen molar-refractivity contribution < 1.29 is 33.6 Å². The molecule has 216 valence electrons. The molecule has 0 radical (unpaired) electrons. The highest BCUT2D eigenvalue weighted by Gasteiger charge is 2.45. The molecular formula is C31H50O7. The van der Waals surface area contributed by atoms with Crippen LogP contribution in [0.3, 0.4) is 0 Å². The van der Waals surface area contributed by atoms with Crippen LogP contribution in [0.15, 0.2) is 24.3 Å². The van der Waals surface area contributed by atoms with Crippen LogP contribution in [0.2, 0.25) is 0 Å². The topological polar surface area (TPSA) is 91.3 Å². The molecule has 2 aliphatic carbocycles. The molecule has 0 aromatic rings. The first-order valence-electron chi connectivity index (χ1n) is 15.0. The molecule has 0 amide bonds. The predicted octanol–water partition coefficient (Wildman–Crippen LogP) is 6.03. The zero-order valence-corrected chi connectivity index (χ0v) is 23.6. The number of allylic oxidation sites excluding steroid dienone is 2. The van der Waals surface area contributed by atoms with Gasteiger partial charge in [0.05, 0.1) is 19.3 Å². The minimum absolute atomic E-state index is 0.00827.